The number of pyridine rings is 2. The average Bonchev–Trinajstić information content (AvgIpc) is 3.76. The van der Waals surface area contributed by atoms with Crippen LogP contribution in [0, 0.1) is 0 Å². The molecule has 0 radical (unpaired) electrons. The predicted molar refractivity (Wildman–Crippen MR) is 184 cm³/mol. The lowest BCUT2D eigenvalue weighted by atomic mass is 9.95. The Hall–Kier alpha value is -5.74. The Morgan fingerprint density at radius 2 is 1.38 bits per heavy atom. The average molecular weight is 577 g/mol. The van der Waals surface area contributed by atoms with E-state index in [4.69, 9.17) is 9.97 Å². The maximum absolute atomic E-state index is 4.88. The third-order valence-electron chi connectivity index (χ3n) is 9.71. The van der Waals surface area contributed by atoms with Crippen molar-refractivity contribution in [2.75, 3.05) is 0 Å². The Morgan fingerprint density at radius 1 is 0.578 bits per heavy atom. The molecule has 0 fully saturated rings. The van der Waals surface area contributed by atoms with E-state index in [2.05, 4.69) is 124 Å². The summed E-state index contributed by atoms with van der Waals surface area (Å²) in [5.74, 6) is 0. The van der Waals surface area contributed by atoms with Gasteiger partial charge in [-0.3, -0.25) is 9.97 Å². The van der Waals surface area contributed by atoms with Gasteiger partial charge in [0.2, 0.25) is 0 Å². The lowest BCUT2D eigenvalue weighted by Crippen LogP contribution is -2.04. The summed E-state index contributed by atoms with van der Waals surface area (Å²) in [6, 6.07) is 39.6. The van der Waals surface area contributed by atoms with E-state index in [1.165, 1.54) is 55.8 Å². The summed E-state index contributed by atoms with van der Waals surface area (Å²) in [4.78, 5) is 9.76. The second-order valence-electron chi connectivity index (χ2n) is 12.1. The first-order chi connectivity index (χ1) is 22.3. The summed E-state index contributed by atoms with van der Waals surface area (Å²) < 4.78 is 4.80. The quantitative estimate of drug-likeness (QED) is 0.210. The topological polar surface area (TPSA) is 35.6 Å². The second kappa shape index (κ2) is 9.38. The van der Waals surface area contributed by atoms with Crippen LogP contribution in [-0.2, 0) is 12.8 Å². The van der Waals surface area contributed by atoms with E-state index in [-0.39, 0.29) is 0 Å². The van der Waals surface area contributed by atoms with Crippen LogP contribution in [0.5, 0.6) is 0 Å². The number of fused-ring (bicyclic) bond motifs is 9. The molecule has 2 aliphatic rings. The van der Waals surface area contributed by atoms with Crippen LogP contribution in [0.25, 0.3) is 72.7 Å². The Labute approximate surface area is 260 Å². The van der Waals surface area contributed by atoms with Gasteiger partial charge < -0.3 is 9.13 Å². The molecule has 4 aromatic carbocycles. The Bertz CT molecular complexity index is 2510. The molecule has 10 rings (SSSR count). The zero-order valence-electron chi connectivity index (χ0n) is 24.6. The van der Waals surface area contributed by atoms with Crippen molar-refractivity contribution in [3.8, 4) is 33.6 Å². The fourth-order valence-corrected chi connectivity index (χ4v) is 7.75. The normalized spacial score (nSPS) is 13.4. The van der Waals surface area contributed by atoms with Gasteiger partial charge in [-0.1, -0.05) is 54.6 Å². The fraction of sp³-hybridized carbons (Fsp3) is 0.0732. The highest BCUT2D eigenvalue weighted by atomic mass is 15.0. The molecule has 0 spiro atoms. The summed E-state index contributed by atoms with van der Waals surface area (Å²) in [5, 5.41) is 1.16. The molecule has 0 unspecified atom stereocenters. The molecule has 0 bridgehead atoms. The standard InChI is InChI=1S/C41H28N4/c1-2-11-29(12-3-1)44-36-19-18-26(22-34(36)41-37(44)16-8-21-43-41)28-24-32-30-13-5-4-10-27(30)23-33(32)39(25-28)45-35-15-7-6-14-31(35)40-38(45)17-9-20-42-40/h1-5,7-13,15-22,24-25H,6,14,23H2. The molecule has 4 nitrogen and oxygen atoms in total. The Morgan fingerprint density at radius 3 is 2.27 bits per heavy atom. The van der Waals surface area contributed by atoms with Crippen LogP contribution in [0.15, 0.2) is 128 Å². The van der Waals surface area contributed by atoms with Crippen LogP contribution in [-0.4, -0.2) is 19.1 Å². The SMILES string of the molecule is C1=Cc2c(c3ncccc3n2-c2cc(-c3ccc4c(c3)c3ncccc3n4-c3ccccc3)cc3c2Cc2ccccc2-3)CC1. The minimum absolute atomic E-state index is 0.924. The highest BCUT2D eigenvalue weighted by Crippen LogP contribution is 2.45. The van der Waals surface area contributed by atoms with Gasteiger partial charge in [-0.2, -0.15) is 0 Å². The molecule has 8 aromatic rings. The van der Waals surface area contributed by atoms with Crippen molar-refractivity contribution >= 4 is 39.0 Å². The van der Waals surface area contributed by atoms with Crippen LogP contribution >= 0.6 is 0 Å². The first-order valence-electron chi connectivity index (χ1n) is 15.7. The number of aryl methyl sites for hydroxylation is 1. The molecule has 4 aromatic heterocycles. The van der Waals surface area contributed by atoms with Crippen molar-refractivity contribution in [1.29, 1.82) is 0 Å². The van der Waals surface area contributed by atoms with Crippen LogP contribution in [0.1, 0.15) is 28.8 Å². The molecular formula is C41H28N4. The number of rotatable bonds is 3. The van der Waals surface area contributed by atoms with E-state index in [0.717, 1.165) is 52.4 Å². The number of hydrogen-bond acceptors (Lipinski definition) is 2. The van der Waals surface area contributed by atoms with Gasteiger partial charge in [0.25, 0.3) is 0 Å². The maximum atomic E-state index is 4.88. The number of hydrogen-bond donors (Lipinski definition) is 0. The molecule has 212 valence electrons. The summed E-state index contributed by atoms with van der Waals surface area (Å²) in [5.41, 5.74) is 18.4. The number of aromatic nitrogens is 4. The van der Waals surface area contributed by atoms with E-state index >= 15 is 0 Å². The summed E-state index contributed by atoms with van der Waals surface area (Å²) >= 11 is 0. The molecule has 2 aliphatic carbocycles. The van der Waals surface area contributed by atoms with Gasteiger partial charge in [0.15, 0.2) is 0 Å². The Kier molecular flexibility index (Phi) is 5.14. The molecule has 4 heterocycles. The highest BCUT2D eigenvalue weighted by molar-refractivity contribution is 6.08. The maximum Gasteiger partial charge on any atom is 0.0963 e. The molecule has 0 atom stereocenters. The van der Waals surface area contributed by atoms with Crippen molar-refractivity contribution < 1.29 is 0 Å². The van der Waals surface area contributed by atoms with Crippen molar-refractivity contribution in [2.24, 2.45) is 0 Å². The van der Waals surface area contributed by atoms with Gasteiger partial charge >= 0.3 is 0 Å². The third kappa shape index (κ3) is 3.54. The second-order valence-corrected chi connectivity index (χ2v) is 12.1. The number of nitrogens with zero attached hydrogens (tertiary/aromatic N) is 4. The van der Waals surface area contributed by atoms with Crippen LogP contribution < -0.4 is 0 Å². The lowest BCUT2D eigenvalue weighted by molar-refractivity contribution is 0.961. The first-order valence-corrected chi connectivity index (χ1v) is 15.7. The van der Waals surface area contributed by atoms with E-state index in [0.29, 0.717) is 0 Å². The van der Waals surface area contributed by atoms with E-state index < -0.39 is 0 Å². The molecule has 0 aliphatic heterocycles. The molecular weight excluding hydrogens is 548 g/mol. The molecule has 0 saturated heterocycles. The van der Waals surface area contributed by atoms with Crippen molar-refractivity contribution in [2.45, 2.75) is 19.3 Å². The summed E-state index contributed by atoms with van der Waals surface area (Å²) in [6.45, 7) is 0. The molecule has 4 heteroatoms. The van der Waals surface area contributed by atoms with Crippen LogP contribution in [0.3, 0.4) is 0 Å². The summed E-state index contributed by atoms with van der Waals surface area (Å²) in [7, 11) is 0. The lowest BCUT2D eigenvalue weighted by Gasteiger charge is -2.18. The van der Waals surface area contributed by atoms with Gasteiger partial charge in [0.05, 0.1) is 39.0 Å². The van der Waals surface area contributed by atoms with Crippen molar-refractivity contribution in [3.63, 3.8) is 0 Å². The van der Waals surface area contributed by atoms with Gasteiger partial charge in [-0.05, 0) is 113 Å². The smallest absolute Gasteiger partial charge is 0.0963 e. The molecule has 0 saturated carbocycles. The van der Waals surface area contributed by atoms with Crippen molar-refractivity contribution in [1.82, 2.24) is 19.1 Å². The van der Waals surface area contributed by atoms with E-state index in [9.17, 15) is 0 Å². The van der Waals surface area contributed by atoms with Crippen molar-refractivity contribution in [3.05, 3.63) is 150 Å². The zero-order valence-corrected chi connectivity index (χ0v) is 24.6. The third-order valence-corrected chi connectivity index (χ3v) is 9.71. The zero-order chi connectivity index (χ0) is 29.5. The monoisotopic (exact) mass is 576 g/mol. The van der Waals surface area contributed by atoms with Gasteiger partial charge in [0.1, 0.15) is 0 Å². The Balaban J connectivity index is 1.26. The molecule has 0 amide bonds. The van der Waals surface area contributed by atoms with Gasteiger partial charge in [-0.15, -0.1) is 0 Å². The van der Waals surface area contributed by atoms with Gasteiger partial charge in [0, 0.05) is 35.5 Å². The largest absolute Gasteiger partial charge is 0.308 e. The summed E-state index contributed by atoms with van der Waals surface area (Å²) in [6.07, 6.45) is 11.4. The predicted octanol–water partition coefficient (Wildman–Crippen LogP) is 9.72. The van der Waals surface area contributed by atoms with E-state index in [1.54, 1.807) is 0 Å². The fourth-order valence-electron chi connectivity index (χ4n) is 7.75. The highest BCUT2D eigenvalue weighted by Gasteiger charge is 2.27. The first kappa shape index (κ1) is 24.7. The van der Waals surface area contributed by atoms with Crippen LogP contribution in [0.2, 0.25) is 0 Å². The minimum Gasteiger partial charge on any atom is -0.308 e. The molecule has 0 N–H and O–H groups in total. The number of para-hydroxylation sites is 1. The van der Waals surface area contributed by atoms with Crippen LogP contribution in [0.4, 0.5) is 0 Å². The van der Waals surface area contributed by atoms with E-state index in [1.807, 2.05) is 18.5 Å². The number of benzene rings is 4. The van der Waals surface area contributed by atoms with Gasteiger partial charge in [-0.25, -0.2) is 0 Å². The molecule has 45 heavy (non-hydrogen) atoms. The minimum atomic E-state index is 0.924. The number of allylic oxidation sites excluding steroid dienone is 1.